The lowest BCUT2D eigenvalue weighted by Crippen LogP contribution is -2.43. The number of Topliss-reactive ketones (excluding diaryl/α,β-unsaturated/α-hetero) is 1. The van der Waals surface area contributed by atoms with Crippen LogP contribution in [0.2, 0.25) is 0 Å². The minimum atomic E-state index is -0.563. The highest BCUT2D eigenvalue weighted by Crippen LogP contribution is 2.34. The number of rotatable bonds is 3. The van der Waals surface area contributed by atoms with Crippen LogP contribution in [0.1, 0.15) is 30.6 Å². The number of nitrogens with two attached hydrogens (primary N) is 1. The SMILES string of the molecule is CCC1Oc2ccc(C(=O)C(C)N)cc2N(C)C1=O. The molecule has 102 valence electrons. The molecule has 1 aromatic carbocycles. The van der Waals surface area contributed by atoms with E-state index in [2.05, 4.69) is 0 Å². The first kappa shape index (κ1) is 13.5. The van der Waals surface area contributed by atoms with Gasteiger partial charge in [0.05, 0.1) is 11.7 Å². The quantitative estimate of drug-likeness (QED) is 0.835. The first-order chi connectivity index (χ1) is 8.95. The molecule has 1 aliphatic rings. The second-order valence-corrected chi connectivity index (χ2v) is 4.75. The van der Waals surface area contributed by atoms with E-state index in [0.29, 0.717) is 23.4 Å². The molecule has 2 N–H and O–H groups in total. The molecular weight excluding hydrogens is 244 g/mol. The molecule has 0 fully saturated rings. The van der Waals surface area contributed by atoms with Gasteiger partial charge in [0, 0.05) is 12.6 Å². The Morgan fingerprint density at radius 2 is 2.21 bits per heavy atom. The van der Waals surface area contributed by atoms with Crippen LogP contribution in [0.4, 0.5) is 5.69 Å². The van der Waals surface area contributed by atoms with Crippen LogP contribution in [0.25, 0.3) is 0 Å². The van der Waals surface area contributed by atoms with E-state index in [-0.39, 0.29) is 11.7 Å². The van der Waals surface area contributed by atoms with Gasteiger partial charge < -0.3 is 15.4 Å². The van der Waals surface area contributed by atoms with Crippen molar-refractivity contribution in [2.45, 2.75) is 32.4 Å². The largest absolute Gasteiger partial charge is 0.478 e. The second-order valence-electron chi connectivity index (χ2n) is 4.75. The number of amides is 1. The topological polar surface area (TPSA) is 72.6 Å². The highest BCUT2D eigenvalue weighted by Gasteiger charge is 2.31. The van der Waals surface area contributed by atoms with Gasteiger partial charge in [-0.05, 0) is 31.5 Å². The lowest BCUT2D eigenvalue weighted by atomic mass is 10.0. The van der Waals surface area contributed by atoms with E-state index in [4.69, 9.17) is 10.5 Å². The summed E-state index contributed by atoms with van der Waals surface area (Å²) in [4.78, 5) is 25.4. The number of ether oxygens (including phenoxy) is 1. The molecule has 5 heteroatoms. The number of nitrogens with zero attached hydrogens (tertiary/aromatic N) is 1. The van der Waals surface area contributed by atoms with Crippen LogP contribution < -0.4 is 15.4 Å². The van der Waals surface area contributed by atoms with Gasteiger partial charge in [0.2, 0.25) is 0 Å². The minimum Gasteiger partial charge on any atom is -0.478 e. The van der Waals surface area contributed by atoms with Crippen molar-refractivity contribution in [3.05, 3.63) is 23.8 Å². The number of hydrogen-bond acceptors (Lipinski definition) is 4. The van der Waals surface area contributed by atoms with E-state index in [9.17, 15) is 9.59 Å². The van der Waals surface area contributed by atoms with Crippen molar-refractivity contribution in [1.29, 1.82) is 0 Å². The third kappa shape index (κ3) is 2.33. The molecule has 2 atom stereocenters. The van der Waals surface area contributed by atoms with Gasteiger partial charge in [-0.1, -0.05) is 6.92 Å². The van der Waals surface area contributed by atoms with Crippen molar-refractivity contribution in [2.24, 2.45) is 5.73 Å². The molecule has 1 aliphatic heterocycles. The average Bonchev–Trinajstić information content (AvgIpc) is 2.41. The highest BCUT2D eigenvalue weighted by molar-refractivity contribution is 6.04. The van der Waals surface area contributed by atoms with Crippen LogP contribution in [0.3, 0.4) is 0 Å². The second kappa shape index (κ2) is 5.01. The Labute approximate surface area is 112 Å². The fourth-order valence-corrected chi connectivity index (χ4v) is 2.09. The maximum Gasteiger partial charge on any atom is 0.267 e. The normalized spacial score (nSPS) is 19.7. The molecule has 1 heterocycles. The lowest BCUT2D eigenvalue weighted by Gasteiger charge is -2.31. The fraction of sp³-hybridized carbons (Fsp3) is 0.429. The summed E-state index contributed by atoms with van der Waals surface area (Å²) in [5.41, 5.74) is 6.69. The number of carbonyl (C=O) groups is 2. The summed E-state index contributed by atoms with van der Waals surface area (Å²) < 4.78 is 5.63. The van der Waals surface area contributed by atoms with Crippen LogP contribution >= 0.6 is 0 Å². The van der Waals surface area contributed by atoms with E-state index < -0.39 is 12.1 Å². The van der Waals surface area contributed by atoms with Crippen molar-refractivity contribution in [3.63, 3.8) is 0 Å². The average molecular weight is 262 g/mol. The molecule has 0 saturated heterocycles. The van der Waals surface area contributed by atoms with Gasteiger partial charge in [0.15, 0.2) is 11.9 Å². The van der Waals surface area contributed by atoms with Gasteiger partial charge in [-0.3, -0.25) is 9.59 Å². The first-order valence-electron chi connectivity index (χ1n) is 6.33. The van der Waals surface area contributed by atoms with Crippen molar-refractivity contribution >= 4 is 17.4 Å². The summed E-state index contributed by atoms with van der Waals surface area (Å²) in [6.07, 6.45) is 0.163. The summed E-state index contributed by atoms with van der Waals surface area (Å²) in [5.74, 6) is 0.372. The number of benzene rings is 1. The summed E-state index contributed by atoms with van der Waals surface area (Å²) in [5, 5.41) is 0. The summed E-state index contributed by atoms with van der Waals surface area (Å²) in [6.45, 7) is 3.54. The molecule has 19 heavy (non-hydrogen) atoms. The molecule has 1 aromatic rings. The molecule has 2 rings (SSSR count). The van der Waals surface area contributed by atoms with Crippen molar-refractivity contribution < 1.29 is 14.3 Å². The van der Waals surface area contributed by atoms with Crippen molar-refractivity contribution in [3.8, 4) is 5.75 Å². The zero-order valence-corrected chi connectivity index (χ0v) is 11.3. The van der Waals surface area contributed by atoms with Gasteiger partial charge in [0.1, 0.15) is 5.75 Å². The Bertz CT molecular complexity index is 525. The maximum atomic E-state index is 12.0. The zero-order valence-electron chi connectivity index (χ0n) is 11.3. The van der Waals surface area contributed by atoms with Gasteiger partial charge >= 0.3 is 0 Å². The standard InChI is InChI=1S/C14H18N2O3/c1-4-11-14(18)16(3)10-7-9(13(17)8(2)15)5-6-12(10)19-11/h5-8,11H,4,15H2,1-3H3. The monoisotopic (exact) mass is 262 g/mol. The molecule has 0 saturated carbocycles. The molecule has 0 radical (unpaired) electrons. The Morgan fingerprint density at radius 1 is 1.53 bits per heavy atom. The number of hydrogen-bond donors (Lipinski definition) is 1. The van der Waals surface area contributed by atoms with E-state index in [0.717, 1.165) is 0 Å². The summed E-state index contributed by atoms with van der Waals surface area (Å²) in [6, 6.07) is 4.49. The minimum absolute atomic E-state index is 0.0969. The number of anilines is 1. The molecule has 5 nitrogen and oxygen atoms in total. The number of carbonyl (C=O) groups excluding carboxylic acids is 2. The highest BCUT2D eigenvalue weighted by atomic mass is 16.5. The van der Waals surface area contributed by atoms with Crippen LogP contribution in [-0.2, 0) is 4.79 Å². The Morgan fingerprint density at radius 3 is 2.79 bits per heavy atom. The number of ketones is 1. The predicted molar refractivity (Wildman–Crippen MR) is 72.5 cm³/mol. The van der Waals surface area contributed by atoms with Crippen molar-refractivity contribution in [2.75, 3.05) is 11.9 Å². The molecule has 1 amide bonds. The van der Waals surface area contributed by atoms with E-state index >= 15 is 0 Å². The zero-order chi connectivity index (χ0) is 14.2. The summed E-state index contributed by atoms with van der Waals surface area (Å²) >= 11 is 0. The molecule has 0 aromatic heterocycles. The van der Waals surface area contributed by atoms with Crippen LogP contribution in [0, 0.1) is 0 Å². The Hall–Kier alpha value is -1.88. The number of likely N-dealkylation sites (N-methyl/N-ethyl adjacent to an activating group) is 1. The summed E-state index contributed by atoms with van der Waals surface area (Å²) in [7, 11) is 1.69. The fourth-order valence-electron chi connectivity index (χ4n) is 2.09. The van der Waals surface area contributed by atoms with Gasteiger partial charge in [0.25, 0.3) is 5.91 Å². The molecule has 0 aliphatic carbocycles. The maximum absolute atomic E-state index is 12.0. The molecular formula is C14H18N2O3. The molecule has 2 unspecified atom stereocenters. The Balaban J connectivity index is 2.41. The smallest absolute Gasteiger partial charge is 0.267 e. The molecule has 0 bridgehead atoms. The third-order valence-electron chi connectivity index (χ3n) is 3.26. The Kier molecular flexibility index (Phi) is 3.57. The predicted octanol–water partition coefficient (Wildman–Crippen LogP) is 1.35. The van der Waals surface area contributed by atoms with E-state index in [1.54, 1.807) is 32.2 Å². The van der Waals surface area contributed by atoms with Gasteiger partial charge in [-0.2, -0.15) is 0 Å². The van der Waals surface area contributed by atoms with Crippen LogP contribution in [0.15, 0.2) is 18.2 Å². The van der Waals surface area contributed by atoms with Gasteiger partial charge in [-0.15, -0.1) is 0 Å². The van der Waals surface area contributed by atoms with Crippen LogP contribution in [0.5, 0.6) is 5.75 Å². The number of fused-ring (bicyclic) bond motifs is 1. The first-order valence-corrected chi connectivity index (χ1v) is 6.33. The van der Waals surface area contributed by atoms with E-state index in [1.165, 1.54) is 4.90 Å². The van der Waals surface area contributed by atoms with Crippen LogP contribution in [-0.4, -0.2) is 30.9 Å². The lowest BCUT2D eigenvalue weighted by molar-refractivity contribution is -0.126. The molecule has 0 spiro atoms. The van der Waals surface area contributed by atoms with Gasteiger partial charge in [-0.25, -0.2) is 0 Å². The third-order valence-corrected chi connectivity index (χ3v) is 3.26. The van der Waals surface area contributed by atoms with Crippen molar-refractivity contribution in [1.82, 2.24) is 0 Å². The van der Waals surface area contributed by atoms with E-state index in [1.807, 2.05) is 6.92 Å².